The predicted octanol–water partition coefficient (Wildman–Crippen LogP) is 4.53. The molecule has 0 spiro atoms. The highest BCUT2D eigenvalue weighted by atomic mass is 19.4. The normalized spacial score (nSPS) is 21.1. The molecule has 32 heavy (non-hydrogen) atoms. The summed E-state index contributed by atoms with van der Waals surface area (Å²) < 4.78 is 39.1. The quantitative estimate of drug-likeness (QED) is 0.522. The van der Waals surface area contributed by atoms with E-state index in [4.69, 9.17) is 0 Å². The third-order valence-electron chi connectivity index (χ3n) is 5.02. The third-order valence-corrected chi connectivity index (χ3v) is 5.02. The van der Waals surface area contributed by atoms with Crippen LogP contribution in [-0.4, -0.2) is 44.4 Å². The van der Waals surface area contributed by atoms with Gasteiger partial charge in [0.2, 0.25) is 0 Å². The summed E-state index contributed by atoms with van der Waals surface area (Å²) in [5.74, 6) is 0.421. The van der Waals surface area contributed by atoms with Crippen molar-refractivity contribution in [2.24, 2.45) is 20.9 Å². The summed E-state index contributed by atoms with van der Waals surface area (Å²) >= 11 is 0. The van der Waals surface area contributed by atoms with Crippen molar-refractivity contribution in [3.63, 3.8) is 0 Å². The molecule has 0 saturated carbocycles. The Hall–Kier alpha value is -3.75. The Morgan fingerprint density at radius 3 is 2.59 bits per heavy atom. The summed E-state index contributed by atoms with van der Waals surface area (Å²) in [5.41, 5.74) is 1.44. The Morgan fingerprint density at radius 2 is 1.91 bits per heavy atom. The van der Waals surface area contributed by atoms with Crippen molar-refractivity contribution < 1.29 is 13.2 Å². The van der Waals surface area contributed by atoms with Crippen LogP contribution in [0.15, 0.2) is 94.0 Å². The molecule has 3 heterocycles. The Kier molecular flexibility index (Phi) is 5.89. The van der Waals surface area contributed by atoms with Crippen LogP contribution in [0.4, 0.5) is 13.2 Å². The first-order valence-corrected chi connectivity index (χ1v) is 9.86. The standard InChI is InChI=1S/C23H19F3N6/c1-14(20-12-17-11-18(23(24,25)26)6-7-19(17)32-20)30-22(16-5-3-8-27-13-16)31-15(2)21-28-9-4-10-29-21/h3-11,13,17,19H,1,12H2,2H3. The molecule has 162 valence electrons. The van der Waals surface area contributed by atoms with Gasteiger partial charge in [0.05, 0.1) is 28.7 Å². The zero-order valence-corrected chi connectivity index (χ0v) is 17.2. The van der Waals surface area contributed by atoms with Crippen LogP contribution in [0.25, 0.3) is 0 Å². The molecule has 0 N–H and O–H groups in total. The molecule has 0 amide bonds. The maximum absolute atomic E-state index is 13.0. The lowest BCUT2D eigenvalue weighted by Gasteiger charge is -2.18. The molecular weight excluding hydrogens is 417 g/mol. The van der Waals surface area contributed by atoms with E-state index in [0.29, 0.717) is 40.8 Å². The van der Waals surface area contributed by atoms with Crippen LogP contribution in [0.5, 0.6) is 0 Å². The lowest BCUT2D eigenvalue weighted by molar-refractivity contribution is -0.0889. The number of aliphatic imine (C=N–C) groups is 3. The number of halogens is 3. The van der Waals surface area contributed by atoms with Crippen LogP contribution in [-0.2, 0) is 0 Å². The second kappa shape index (κ2) is 8.78. The SMILES string of the molecule is C=C(N=C(N=C(C)c1ncccn1)c1cccnc1)C1=NC2C=CC(C(F)(F)F)=CC2C1. The van der Waals surface area contributed by atoms with Gasteiger partial charge in [0, 0.05) is 42.7 Å². The van der Waals surface area contributed by atoms with Gasteiger partial charge in [-0.1, -0.05) is 24.8 Å². The van der Waals surface area contributed by atoms with Gasteiger partial charge in [-0.05, 0) is 25.1 Å². The van der Waals surface area contributed by atoms with E-state index < -0.39 is 11.7 Å². The molecular formula is C23H19F3N6. The van der Waals surface area contributed by atoms with Crippen molar-refractivity contribution in [3.8, 4) is 0 Å². The molecule has 0 fully saturated rings. The number of fused-ring (bicyclic) bond motifs is 1. The summed E-state index contributed by atoms with van der Waals surface area (Å²) in [6.07, 6.45) is 6.22. The summed E-state index contributed by atoms with van der Waals surface area (Å²) in [6, 6.07) is 4.92. The number of pyridine rings is 1. The summed E-state index contributed by atoms with van der Waals surface area (Å²) in [4.78, 5) is 26.2. The van der Waals surface area contributed by atoms with Gasteiger partial charge in [0.1, 0.15) is 0 Å². The van der Waals surface area contributed by atoms with Crippen molar-refractivity contribution in [2.45, 2.75) is 25.6 Å². The molecule has 1 aliphatic heterocycles. The molecule has 2 unspecified atom stereocenters. The molecule has 2 atom stereocenters. The molecule has 0 saturated heterocycles. The van der Waals surface area contributed by atoms with Gasteiger partial charge in [-0.15, -0.1) is 0 Å². The van der Waals surface area contributed by atoms with Crippen molar-refractivity contribution >= 4 is 17.3 Å². The fraction of sp³-hybridized carbons (Fsp3) is 0.217. The van der Waals surface area contributed by atoms with Crippen LogP contribution < -0.4 is 0 Å². The Labute approximate surface area is 182 Å². The van der Waals surface area contributed by atoms with Crippen LogP contribution in [0.1, 0.15) is 24.7 Å². The van der Waals surface area contributed by atoms with E-state index in [9.17, 15) is 13.2 Å². The van der Waals surface area contributed by atoms with Gasteiger partial charge in [0.15, 0.2) is 11.7 Å². The van der Waals surface area contributed by atoms with E-state index in [-0.39, 0.29) is 12.0 Å². The molecule has 0 radical (unpaired) electrons. The minimum absolute atomic E-state index is 0.321. The van der Waals surface area contributed by atoms with Crippen molar-refractivity contribution in [1.82, 2.24) is 15.0 Å². The Balaban J connectivity index is 1.63. The Bertz CT molecular complexity index is 1160. The average Bonchev–Trinajstić information content (AvgIpc) is 3.23. The first kappa shape index (κ1) is 21.5. The molecule has 9 heteroatoms. The van der Waals surface area contributed by atoms with Gasteiger partial charge >= 0.3 is 6.18 Å². The number of amidine groups is 1. The van der Waals surface area contributed by atoms with Crippen molar-refractivity contribution in [1.29, 1.82) is 0 Å². The largest absolute Gasteiger partial charge is 0.416 e. The van der Waals surface area contributed by atoms with Crippen molar-refractivity contribution in [3.05, 3.63) is 90.5 Å². The summed E-state index contributed by atoms with van der Waals surface area (Å²) in [5, 5.41) is 0. The molecule has 2 aliphatic rings. The topological polar surface area (TPSA) is 75.8 Å². The lowest BCUT2D eigenvalue weighted by atomic mass is 9.90. The number of nitrogens with zero attached hydrogens (tertiary/aromatic N) is 6. The van der Waals surface area contributed by atoms with Crippen LogP contribution in [0.2, 0.25) is 0 Å². The highest BCUT2D eigenvalue weighted by Gasteiger charge is 2.37. The fourth-order valence-electron chi connectivity index (χ4n) is 3.42. The van der Waals surface area contributed by atoms with E-state index in [1.807, 2.05) is 0 Å². The van der Waals surface area contributed by atoms with Gasteiger partial charge in [-0.3, -0.25) is 9.98 Å². The number of hydrogen-bond donors (Lipinski definition) is 0. The van der Waals surface area contributed by atoms with Gasteiger partial charge in [-0.2, -0.15) is 13.2 Å². The second-order valence-corrected chi connectivity index (χ2v) is 7.31. The molecule has 0 aromatic carbocycles. The first-order chi connectivity index (χ1) is 15.3. The monoisotopic (exact) mass is 436 g/mol. The number of hydrogen-bond acceptors (Lipinski definition) is 5. The third kappa shape index (κ3) is 4.77. The van der Waals surface area contributed by atoms with Gasteiger partial charge in [0.25, 0.3) is 0 Å². The number of alkyl halides is 3. The maximum Gasteiger partial charge on any atom is 0.416 e. The first-order valence-electron chi connectivity index (χ1n) is 9.86. The van der Waals surface area contributed by atoms with Crippen LogP contribution >= 0.6 is 0 Å². The van der Waals surface area contributed by atoms with E-state index >= 15 is 0 Å². The van der Waals surface area contributed by atoms with E-state index in [1.54, 1.807) is 49.9 Å². The smallest absolute Gasteiger partial charge is 0.279 e. The highest BCUT2D eigenvalue weighted by Crippen LogP contribution is 2.36. The molecule has 2 aromatic rings. The van der Waals surface area contributed by atoms with Gasteiger partial charge < -0.3 is 0 Å². The minimum atomic E-state index is -4.38. The predicted molar refractivity (Wildman–Crippen MR) is 117 cm³/mol. The van der Waals surface area contributed by atoms with Gasteiger partial charge in [-0.25, -0.2) is 20.0 Å². The van der Waals surface area contributed by atoms with Crippen LogP contribution in [0.3, 0.4) is 0 Å². The maximum atomic E-state index is 13.0. The Morgan fingerprint density at radius 1 is 1.12 bits per heavy atom. The summed E-state index contributed by atoms with van der Waals surface area (Å²) in [6.45, 7) is 5.77. The van der Waals surface area contributed by atoms with E-state index in [0.717, 1.165) is 6.08 Å². The zero-order valence-electron chi connectivity index (χ0n) is 17.2. The molecule has 6 nitrogen and oxygen atoms in total. The zero-order chi connectivity index (χ0) is 22.7. The number of rotatable bonds is 4. The van der Waals surface area contributed by atoms with Crippen LogP contribution in [0, 0.1) is 5.92 Å². The van der Waals surface area contributed by atoms with Crippen molar-refractivity contribution in [2.75, 3.05) is 0 Å². The second-order valence-electron chi connectivity index (χ2n) is 7.31. The average molecular weight is 436 g/mol. The minimum Gasteiger partial charge on any atom is -0.279 e. The fourth-order valence-corrected chi connectivity index (χ4v) is 3.42. The number of allylic oxidation sites excluding steroid dienone is 3. The number of aromatic nitrogens is 3. The lowest BCUT2D eigenvalue weighted by Crippen LogP contribution is -2.19. The summed E-state index contributed by atoms with van der Waals surface area (Å²) in [7, 11) is 0. The highest BCUT2D eigenvalue weighted by molar-refractivity contribution is 6.12. The van der Waals surface area contributed by atoms with E-state index in [1.165, 1.54) is 12.2 Å². The molecule has 1 aliphatic carbocycles. The van der Waals surface area contributed by atoms with E-state index in [2.05, 4.69) is 36.5 Å². The molecule has 0 bridgehead atoms. The molecule has 4 rings (SSSR count). The molecule has 2 aromatic heterocycles.